The van der Waals surface area contributed by atoms with E-state index in [2.05, 4.69) is 38.5 Å². The summed E-state index contributed by atoms with van der Waals surface area (Å²) < 4.78 is 12.2. The highest BCUT2D eigenvalue weighted by molar-refractivity contribution is 14.1. The first-order chi connectivity index (χ1) is 10.1. The summed E-state index contributed by atoms with van der Waals surface area (Å²) in [5.41, 5.74) is 1.34. The molecule has 0 N–H and O–H groups in total. The van der Waals surface area contributed by atoms with Gasteiger partial charge in [-0.1, -0.05) is 12.1 Å². The summed E-state index contributed by atoms with van der Waals surface area (Å²) in [7, 11) is 1.63. The van der Waals surface area contributed by atoms with Crippen molar-refractivity contribution in [1.82, 2.24) is 0 Å². The van der Waals surface area contributed by atoms with E-state index in [1.807, 2.05) is 24.3 Å². The third kappa shape index (κ3) is 4.28. The van der Waals surface area contributed by atoms with Crippen LogP contribution in [0.4, 0.5) is 0 Å². The Labute approximate surface area is 145 Å². The van der Waals surface area contributed by atoms with Crippen molar-refractivity contribution in [2.45, 2.75) is 0 Å². The number of ether oxygens (including phenoxy) is 2. The van der Waals surface area contributed by atoms with E-state index in [0.717, 1.165) is 8.04 Å². The molecule has 0 aliphatic carbocycles. The van der Waals surface area contributed by atoms with Gasteiger partial charge >= 0.3 is 0 Å². The van der Waals surface area contributed by atoms with Crippen LogP contribution in [0.1, 0.15) is 15.9 Å². The van der Waals surface area contributed by atoms with E-state index in [1.54, 1.807) is 25.3 Å². The van der Waals surface area contributed by atoms with Crippen molar-refractivity contribution in [2.75, 3.05) is 20.3 Å². The summed E-state index contributed by atoms with van der Waals surface area (Å²) in [6, 6.07) is 12.9. The van der Waals surface area contributed by atoms with Crippen molar-refractivity contribution in [3.05, 3.63) is 61.6 Å². The number of rotatable bonds is 6. The van der Waals surface area contributed by atoms with E-state index in [1.165, 1.54) is 0 Å². The number of carbonyl (C=O) groups excluding carboxylic acids is 1. The quantitative estimate of drug-likeness (QED) is 0.366. The van der Waals surface area contributed by atoms with Gasteiger partial charge in [0.15, 0.2) is 5.78 Å². The first-order valence-electron chi connectivity index (χ1n) is 6.34. The number of carbonyl (C=O) groups is 1. The minimum absolute atomic E-state index is 0.00383. The van der Waals surface area contributed by atoms with Gasteiger partial charge in [-0.15, -0.1) is 0 Å². The van der Waals surface area contributed by atoms with Gasteiger partial charge in [0.1, 0.15) is 12.4 Å². The highest BCUT2D eigenvalue weighted by Crippen LogP contribution is 2.27. The third-order valence-corrected chi connectivity index (χ3v) is 4.42. The molecule has 5 heteroatoms. The number of methoxy groups -OCH3 is 1. The maximum atomic E-state index is 12.5. The predicted octanol–water partition coefficient (Wildman–Crippen LogP) is 4.31. The monoisotopic (exact) mass is 460 g/mol. The normalized spacial score (nSPS) is 10.4. The topological polar surface area (TPSA) is 35.5 Å². The second-order valence-electron chi connectivity index (χ2n) is 4.30. The number of halogens is 2. The molecular weight excluding hydrogens is 447 g/mol. The SMILES string of the molecule is COCCOc1ccc(C(=O)c2ccccc2I)cc1Br. The van der Waals surface area contributed by atoms with Gasteiger partial charge in [-0.3, -0.25) is 4.79 Å². The average molecular weight is 461 g/mol. The Balaban J connectivity index is 2.20. The molecule has 0 atom stereocenters. The minimum atomic E-state index is 0.00383. The Hall–Kier alpha value is -0.920. The van der Waals surface area contributed by atoms with E-state index in [0.29, 0.717) is 30.1 Å². The second-order valence-corrected chi connectivity index (χ2v) is 6.31. The second kappa shape index (κ2) is 7.91. The molecule has 0 radical (unpaired) electrons. The van der Waals surface area contributed by atoms with Gasteiger partial charge in [0, 0.05) is 21.8 Å². The number of ketones is 1. The van der Waals surface area contributed by atoms with Crippen LogP contribution in [0, 0.1) is 3.57 Å². The smallest absolute Gasteiger partial charge is 0.194 e. The molecule has 0 fully saturated rings. The molecular formula is C16H14BrIO3. The van der Waals surface area contributed by atoms with Crippen molar-refractivity contribution in [3.8, 4) is 5.75 Å². The van der Waals surface area contributed by atoms with E-state index in [4.69, 9.17) is 9.47 Å². The van der Waals surface area contributed by atoms with Crippen LogP contribution in [0.15, 0.2) is 46.9 Å². The molecule has 0 bridgehead atoms. The fraction of sp³-hybridized carbons (Fsp3) is 0.188. The van der Waals surface area contributed by atoms with Crippen LogP contribution >= 0.6 is 38.5 Å². The fourth-order valence-electron chi connectivity index (χ4n) is 1.79. The van der Waals surface area contributed by atoms with Crippen LogP contribution in [-0.2, 0) is 4.74 Å². The highest BCUT2D eigenvalue weighted by Gasteiger charge is 2.13. The Morgan fingerprint density at radius 3 is 2.62 bits per heavy atom. The van der Waals surface area contributed by atoms with Gasteiger partial charge in [0.2, 0.25) is 0 Å². The zero-order valence-electron chi connectivity index (χ0n) is 11.4. The van der Waals surface area contributed by atoms with E-state index >= 15 is 0 Å². The Bertz CT molecular complexity index is 643. The molecule has 21 heavy (non-hydrogen) atoms. The van der Waals surface area contributed by atoms with Crippen molar-refractivity contribution in [3.63, 3.8) is 0 Å². The first-order valence-corrected chi connectivity index (χ1v) is 8.21. The standard InChI is InChI=1S/C16H14BrIO3/c1-20-8-9-21-15-7-6-11(10-13(15)17)16(19)12-4-2-3-5-14(12)18/h2-7,10H,8-9H2,1H3. The van der Waals surface area contributed by atoms with Gasteiger partial charge < -0.3 is 9.47 Å². The molecule has 0 aliphatic rings. The van der Waals surface area contributed by atoms with E-state index in [-0.39, 0.29) is 5.78 Å². The Kier molecular flexibility index (Phi) is 6.20. The molecule has 0 amide bonds. The van der Waals surface area contributed by atoms with Gasteiger partial charge in [0.05, 0.1) is 11.1 Å². The van der Waals surface area contributed by atoms with Crippen LogP contribution in [-0.4, -0.2) is 26.1 Å². The molecule has 0 unspecified atom stereocenters. The lowest BCUT2D eigenvalue weighted by Gasteiger charge is -2.09. The molecule has 2 aromatic rings. The zero-order chi connectivity index (χ0) is 15.2. The first kappa shape index (κ1) is 16.5. The molecule has 0 heterocycles. The molecule has 2 rings (SSSR count). The summed E-state index contributed by atoms with van der Waals surface area (Å²) >= 11 is 5.61. The highest BCUT2D eigenvalue weighted by atomic mass is 127. The summed E-state index contributed by atoms with van der Waals surface area (Å²) in [4.78, 5) is 12.5. The van der Waals surface area contributed by atoms with Crippen molar-refractivity contribution >= 4 is 44.3 Å². The average Bonchev–Trinajstić information content (AvgIpc) is 2.49. The van der Waals surface area contributed by atoms with Crippen molar-refractivity contribution < 1.29 is 14.3 Å². The maximum absolute atomic E-state index is 12.5. The molecule has 110 valence electrons. The van der Waals surface area contributed by atoms with Crippen LogP contribution in [0.3, 0.4) is 0 Å². The summed E-state index contributed by atoms with van der Waals surface area (Å²) in [6.07, 6.45) is 0. The number of hydrogen-bond donors (Lipinski definition) is 0. The molecule has 0 saturated heterocycles. The Morgan fingerprint density at radius 2 is 1.95 bits per heavy atom. The van der Waals surface area contributed by atoms with Gasteiger partial charge in [-0.05, 0) is 68.9 Å². The van der Waals surface area contributed by atoms with E-state index in [9.17, 15) is 4.79 Å². The summed E-state index contributed by atoms with van der Waals surface area (Å²) in [6.45, 7) is 0.994. The molecule has 3 nitrogen and oxygen atoms in total. The molecule has 0 aromatic heterocycles. The number of hydrogen-bond acceptors (Lipinski definition) is 3. The van der Waals surface area contributed by atoms with Gasteiger partial charge in [-0.2, -0.15) is 0 Å². The van der Waals surface area contributed by atoms with Crippen LogP contribution < -0.4 is 4.74 Å². The van der Waals surface area contributed by atoms with Crippen molar-refractivity contribution in [1.29, 1.82) is 0 Å². The fourth-order valence-corrected chi connectivity index (χ4v) is 2.92. The summed E-state index contributed by atoms with van der Waals surface area (Å²) in [5, 5.41) is 0. The molecule has 0 spiro atoms. The largest absolute Gasteiger partial charge is 0.490 e. The minimum Gasteiger partial charge on any atom is -0.490 e. The van der Waals surface area contributed by atoms with E-state index < -0.39 is 0 Å². The summed E-state index contributed by atoms with van der Waals surface area (Å²) in [5.74, 6) is 0.704. The third-order valence-electron chi connectivity index (χ3n) is 2.86. The Morgan fingerprint density at radius 1 is 1.19 bits per heavy atom. The maximum Gasteiger partial charge on any atom is 0.194 e. The number of benzene rings is 2. The zero-order valence-corrected chi connectivity index (χ0v) is 15.2. The van der Waals surface area contributed by atoms with Crippen LogP contribution in [0.25, 0.3) is 0 Å². The lowest BCUT2D eigenvalue weighted by molar-refractivity contribution is 0.103. The van der Waals surface area contributed by atoms with Gasteiger partial charge in [0.25, 0.3) is 0 Å². The molecule has 0 saturated carbocycles. The van der Waals surface area contributed by atoms with Crippen LogP contribution in [0.5, 0.6) is 5.75 Å². The van der Waals surface area contributed by atoms with Crippen LogP contribution in [0.2, 0.25) is 0 Å². The predicted molar refractivity (Wildman–Crippen MR) is 94.1 cm³/mol. The lowest BCUT2D eigenvalue weighted by atomic mass is 10.0. The molecule has 2 aromatic carbocycles. The van der Waals surface area contributed by atoms with Gasteiger partial charge in [-0.25, -0.2) is 0 Å². The lowest BCUT2D eigenvalue weighted by Crippen LogP contribution is -2.06. The van der Waals surface area contributed by atoms with Crippen molar-refractivity contribution in [2.24, 2.45) is 0 Å². The molecule has 0 aliphatic heterocycles.